The van der Waals surface area contributed by atoms with Crippen molar-refractivity contribution in [2.75, 3.05) is 19.8 Å². The van der Waals surface area contributed by atoms with Crippen molar-refractivity contribution in [3.63, 3.8) is 0 Å². The molecule has 2 unspecified atom stereocenters. The van der Waals surface area contributed by atoms with Gasteiger partial charge in [-0.1, -0.05) is 34.1 Å². The van der Waals surface area contributed by atoms with Crippen LogP contribution < -0.4 is 0 Å². The van der Waals surface area contributed by atoms with Crippen LogP contribution in [0.5, 0.6) is 0 Å². The lowest BCUT2D eigenvalue weighted by atomic mass is 9.71. The molecule has 0 saturated carbocycles. The van der Waals surface area contributed by atoms with Crippen LogP contribution in [0.1, 0.15) is 38.2 Å². The Morgan fingerprint density at radius 2 is 1.95 bits per heavy atom. The maximum Gasteiger partial charge on any atom is 0.0909 e. The highest BCUT2D eigenvalue weighted by atomic mass is 79.9. The van der Waals surface area contributed by atoms with Gasteiger partial charge in [-0.05, 0) is 50.2 Å². The predicted octanol–water partition coefficient (Wildman–Crippen LogP) is 3.63. The van der Waals surface area contributed by atoms with Crippen LogP contribution in [0.2, 0.25) is 0 Å². The first-order chi connectivity index (χ1) is 10.0. The summed E-state index contributed by atoms with van der Waals surface area (Å²) in [5, 5.41) is 11.2. The third-order valence-corrected chi connectivity index (χ3v) is 5.80. The molecule has 4 heteroatoms. The number of benzene rings is 1. The van der Waals surface area contributed by atoms with Crippen LogP contribution in [-0.4, -0.2) is 30.5 Å². The number of ether oxygens (including phenoxy) is 2. The molecule has 2 saturated heterocycles. The van der Waals surface area contributed by atoms with Crippen molar-refractivity contribution < 1.29 is 14.6 Å². The SMILES string of the molecule is CC(O)(c1ccccc1Br)C1CCOC2(CCOCC2)C1. The van der Waals surface area contributed by atoms with E-state index < -0.39 is 5.60 Å². The van der Waals surface area contributed by atoms with E-state index in [2.05, 4.69) is 15.9 Å². The van der Waals surface area contributed by atoms with E-state index in [1.165, 1.54) is 0 Å². The molecule has 1 aromatic carbocycles. The van der Waals surface area contributed by atoms with Crippen molar-refractivity contribution in [3.8, 4) is 0 Å². The fourth-order valence-electron chi connectivity index (χ4n) is 3.69. The second-order valence-electron chi connectivity index (χ2n) is 6.46. The van der Waals surface area contributed by atoms with Gasteiger partial charge in [-0.25, -0.2) is 0 Å². The number of aliphatic hydroxyl groups is 1. The molecule has 1 spiro atoms. The highest BCUT2D eigenvalue weighted by Crippen LogP contribution is 2.45. The monoisotopic (exact) mass is 354 g/mol. The number of hydrogen-bond donors (Lipinski definition) is 1. The smallest absolute Gasteiger partial charge is 0.0909 e. The standard InChI is InChI=1S/C17H23BrO3/c1-16(19,14-4-2-3-5-15(14)18)13-6-9-21-17(12-13)7-10-20-11-8-17/h2-5,13,19H,6-12H2,1H3. The Bertz CT molecular complexity index is 489. The highest BCUT2D eigenvalue weighted by molar-refractivity contribution is 9.10. The summed E-state index contributed by atoms with van der Waals surface area (Å²) >= 11 is 3.57. The molecule has 2 heterocycles. The molecule has 2 fully saturated rings. The zero-order valence-electron chi connectivity index (χ0n) is 12.5. The maximum atomic E-state index is 11.2. The zero-order valence-corrected chi connectivity index (χ0v) is 14.1. The van der Waals surface area contributed by atoms with Crippen molar-refractivity contribution in [1.29, 1.82) is 0 Å². The van der Waals surface area contributed by atoms with Crippen molar-refractivity contribution in [2.45, 2.75) is 43.8 Å². The van der Waals surface area contributed by atoms with E-state index in [1.807, 2.05) is 31.2 Å². The Balaban J connectivity index is 1.83. The van der Waals surface area contributed by atoms with Crippen LogP contribution in [0.25, 0.3) is 0 Å². The summed E-state index contributed by atoms with van der Waals surface area (Å²) in [6, 6.07) is 7.97. The molecule has 3 rings (SSSR count). The van der Waals surface area contributed by atoms with Crippen molar-refractivity contribution in [2.24, 2.45) is 5.92 Å². The lowest BCUT2D eigenvalue weighted by molar-refractivity contribution is -0.174. The zero-order chi connectivity index (χ0) is 14.9. The van der Waals surface area contributed by atoms with Crippen LogP contribution >= 0.6 is 15.9 Å². The summed E-state index contributed by atoms with van der Waals surface area (Å²) in [7, 11) is 0. The fourth-order valence-corrected chi connectivity index (χ4v) is 4.38. The molecule has 116 valence electrons. The topological polar surface area (TPSA) is 38.7 Å². The van der Waals surface area contributed by atoms with Crippen LogP contribution in [0.15, 0.2) is 28.7 Å². The normalized spacial score (nSPS) is 28.2. The summed E-state index contributed by atoms with van der Waals surface area (Å²) in [6.07, 6.45) is 3.69. The van der Waals surface area contributed by atoms with E-state index in [9.17, 15) is 5.11 Å². The van der Waals surface area contributed by atoms with Crippen molar-refractivity contribution >= 4 is 15.9 Å². The van der Waals surface area contributed by atoms with Crippen LogP contribution in [0.3, 0.4) is 0 Å². The molecular weight excluding hydrogens is 332 g/mol. The summed E-state index contributed by atoms with van der Waals surface area (Å²) in [6.45, 7) is 4.20. The second kappa shape index (κ2) is 5.99. The highest BCUT2D eigenvalue weighted by Gasteiger charge is 2.45. The first-order valence-electron chi connectivity index (χ1n) is 7.73. The minimum Gasteiger partial charge on any atom is -0.385 e. The number of halogens is 1. The number of rotatable bonds is 2. The molecule has 0 aromatic heterocycles. The summed E-state index contributed by atoms with van der Waals surface area (Å²) < 4.78 is 12.5. The van der Waals surface area contributed by atoms with Gasteiger partial charge in [-0.15, -0.1) is 0 Å². The maximum absolute atomic E-state index is 11.2. The molecule has 0 amide bonds. The van der Waals surface area contributed by atoms with E-state index >= 15 is 0 Å². The quantitative estimate of drug-likeness (QED) is 0.881. The predicted molar refractivity (Wildman–Crippen MR) is 85.2 cm³/mol. The first kappa shape index (κ1) is 15.5. The van der Waals surface area contributed by atoms with E-state index in [0.29, 0.717) is 0 Å². The van der Waals surface area contributed by atoms with Gasteiger partial charge in [-0.3, -0.25) is 0 Å². The molecule has 2 aliphatic heterocycles. The molecule has 0 aliphatic carbocycles. The van der Waals surface area contributed by atoms with Gasteiger partial charge in [0.25, 0.3) is 0 Å². The van der Waals surface area contributed by atoms with Crippen LogP contribution in [0.4, 0.5) is 0 Å². The fraction of sp³-hybridized carbons (Fsp3) is 0.647. The van der Waals surface area contributed by atoms with Crippen molar-refractivity contribution in [3.05, 3.63) is 34.3 Å². The molecule has 0 bridgehead atoms. The van der Waals surface area contributed by atoms with Gasteiger partial charge in [0.15, 0.2) is 0 Å². The van der Waals surface area contributed by atoms with Crippen LogP contribution in [0, 0.1) is 5.92 Å². The third-order valence-electron chi connectivity index (χ3n) is 5.11. The van der Waals surface area contributed by atoms with Gasteiger partial charge in [0.2, 0.25) is 0 Å². The molecule has 3 nitrogen and oxygen atoms in total. The van der Waals surface area contributed by atoms with Gasteiger partial charge in [0, 0.05) is 24.3 Å². The minimum atomic E-state index is -0.838. The third kappa shape index (κ3) is 3.04. The molecule has 1 N–H and O–H groups in total. The van der Waals surface area contributed by atoms with Crippen LogP contribution in [-0.2, 0) is 15.1 Å². The average Bonchev–Trinajstić information content (AvgIpc) is 2.48. The van der Waals surface area contributed by atoms with E-state index in [-0.39, 0.29) is 11.5 Å². The Morgan fingerprint density at radius 1 is 1.24 bits per heavy atom. The summed E-state index contributed by atoms with van der Waals surface area (Å²) in [5.74, 6) is 0.211. The molecule has 2 aliphatic rings. The van der Waals surface area contributed by atoms with Gasteiger partial charge in [0.1, 0.15) is 0 Å². The lowest BCUT2D eigenvalue weighted by Gasteiger charge is -2.47. The Morgan fingerprint density at radius 3 is 2.67 bits per heavy atom. The van der Waals surface area contributed by atoms with E-state index in [1.54, 1.807) is 0 Å². The van der Waals surface area contributed by atoms with E-state index in [0.717, 1.165) is 55.5 Å². The average molecular weight is 355 g/mol. The molecule has 0 radical (unpaired) electrons. The molecule has 2 atom stereocenters. The van der Waals surface area contributed by atoms with Gasteiger partial charge in [0.05, 0.1) is 11.2 Å². The summed E-state index contributed by atoms with van der Waals surface area (Å²) in [4.78, 5) is 0. The Labute approximate surface area is 134 Å². The Hall–Kier alpha value is -0.420. The first-order valence-corrected chi connectivity index (χ1v) is 8.52. The molecule has 21 heavy (non-hydrogen) atoms. The van der Waals surface area contributed by atoms with Gasteiger partial charge in [-0.2, -0.15) is 0 Å². The lowest BCUT2D eigenvalue weighted by Crippen LogP contribution is -2.49. The van der Waals surface area contributed by atoms with Gasteiger partial charge < -0.3 is 14.6 Å². The van der Waals surface area contributed by atoms with E-state index in [4.69, 9.17) is 9.47 Å². The van der Waals surface area contributed by atoms with Gasteiger partial charge >= 0.3 is 0 Å². The minimum absolute atomic E-state index is 0.0909. The van der Waals surface area contributed by atoms with Crippen molar-refractivity contribution in [1.82, 2.24) is 0 Å². The molecule has 1 aromatic rings. The molecular formula is C17H23BrO3. The second-order valence-corrected chi connectivity index (χ2v) is 7.32. The number of hydrogen-bond acceptors (Lipinski definition) is 3. The summed E-state index contributed by atoms with van der Waals surface area (Å²) in [5.41, 5.74) is 0.0424. The largest absolute Gasteiger partial charge is 0.385 e. The Kier molecular flexibility index (Phi) is 4.42.